The van der Waals surface area contributed by atoms with Crippen LogP contribution in [0.5, 0.6) is 11.8 Å². The SMILES string of the molecule is O=C(c1c(C(F)(F)F)nn(-c2ccccc2)c1[O][V](=[O])[O]c1c(C(=O)C(F)(F)F)c(C(F)(F)F)nn1-c1ccccc1)C(F)(F)F. The molecule has 2 aromatic heterocycles. The maximum absolute atomic E-state index is 13.8. The third kappa shape index (κ3) is 6.93. The van der Waals surface area contributed by atoms with Gasteiger partial charge in [0, 0.05) is 0 Å². The Morgan fingerprint density at radius 1 is 0.565 bits per heavy atom. The molecule has 0 unspecified atom stereocenters. The van der Waals surface area contributed by atoms with Crippen LogP contribution in [-0.4, -0.2) is 43.5 Å². The number of carbonyl (C=O) groups is 2. The Balaban J connectivity index is 1.95. The van der Waals surface area contributed by atoms with Crippen LogP contribution in [0.15, 0.2) is 60.7 Å². The van der Waals surface area contributed by atoms with Gasteiger partial charge in [0.15, 0.2) is 0 Å². The molecule has 0 saturated carbocycles. The molecular formula is C24H10F12N4O5V. The topological polar surface area (TPSA) is 105 Å². The molecule has 0 bridgehead atoms. The minimum atomic E-state index is -6.04. The number of para-hydroxylation sites is 2. The summed E-state index contributed by atoms with van der Waals surface area (Å²) in [4.78, 5) is 24.3. The molecule has 0 fully saturated rings. The molecule has 4 aromatic rings. The van der Waals surface area contributed by atoms with E-state index in [1.165, 1.54) is 12.1 Å². The van der Waals surface area contributed by atoms with Crippen LogP contribution >= 0.6 is 0 Å². The zero-order chi connectivity index (χ0) is 34.4. The van der Waals surface area contributed by atoms with E-state index in [9.17, 15) is 65.9 Å². The van der Waals surface area contributed by atoms with Crippen molar-refractivity contribution in [3.8, 4) is 23.1 Å². The molecule has 0 aliphatic rings. The summed E-state index contributed by atoms with van der Waals surface area (Å²) in [5.41, 5.74) is -10.8. The van der Waals surface area contributed by atoms with Crippen LogP contribution in [0.4, 0.5) is 52.7 Å². The summed E-state index contributed by atoms with van der Waals surface area (Å²) >= 11 is -5.52. The average Bonchev–Trinajstić information content (AvgIpc) is 3.51. The standard InChI is InChI=1S/2C12H6F6N2O2.O.V/c2*13-11(14,15)8-7(9(21)12(16,17)18)10(22)20(19-8)6-4-2-1-3-5-6;;/h2*1-5,22H;;/q;;;+2/p-2. The number of rotatable bonds is 8. The summed E-state index contributed by atoms with van der Waals surface area (Å²) in [5.74, 6) is -10.1. The van der Waals surface area contributed by atoms with Gasteiger partial charge in [0.1, 0.15) is 0 Å². The van der Waals surface area contributed by atoms with E-state index in [-0.39, 0.29) is 9.36 Å². The molecule has 2 heterocycles. The first-order valence-corrected chi connectivity index (χ1v) is 13.4. The monoisotopic (exact) mass is 713 g/mol. The molecule has 0 spiro atoms. The quantitative estimate of drug-likeness (QED) is 0.146. The molecule has 4 rings (SSSR count). The zero-order valence-electron chi connectivity index (χ0n) is 21.6. The summed E-state index contributed by atoms with van der Waals surface area (Å²) in [6.45, 7) is 0. The van der Waals surface area contributed by atoms with E-state index >= 15 is 0 Å². The Labute approximate surface area is 251 Å². The van der Waals surface area contributed by atoms with E-state index in [1.54, 1.807) is 0 Å². The van der Waals surface area contributed by atoms with Crippen molar-refractivity contribution >= 4 is 11.6 Å². The van der Waals surface area contributed by atoms with Crippen LogP contribution in [0, 0.1) is 0 Å². The molecule has 9 nitrogen and oxygen atoms in total. The molecule has 0 amide bonds. The fourth-order valence-corrected chi connectivity index (χ4v) is 4.74. The first kappa shape index (κ1) is 34.2. The van der Waals surface area contributed by atoms with Crippen LogP contribution in [0.1, 0.15) is 32.1 Å². The number of alkyl halides is 12. The van der Waals surface area contributed by atoms with Gasteiger partial charge in [-0.2, -0.15) is 0 Å². The molecule has 0 saturated heterocycles. The molecule has 46 heavy (non-hydrogen) atoms. The number of benzene rings is 2. The van der Waals surface area contributed by atoms with Crippen molar-refractivity contribution in [2.24, 2.45) is 0 Å². The van der Waals surface area contributed by atoms with Gasteiger partial charge >= 0.3 is 251 Å². The van der Waals surface area contributed by atoms with Gasteiger partial charge in [-0.05, 0) is 0 Å². The van der Waals surface area contributed by atoms with Crippen LogP contribution in [0.3, 0.4) is 0 Å². The first-order valence-electron chi connectivity index (χ1n) is 11.7. The van der Waals surface area contributed by atoms with Crippen LogP contribution in [0.25, 0.3) is 11.4 Å². The number of hydrogen-bond donors (Lipinski definition) is 0. The Morgan fingerprint density at radius 3 is 1.13 bits per heavy atom. The van der Waals surface area contributed by atoms with Gasteiger partial charge in [-0.3, -0.25) is 0 Å². The summed E-state index contributed by atoms with van der Waals surface area (Å²) in [5, 5.41) is 5.86. The molecule has 0 aliphatic heterocycles. The number of aromatic nitrogens is 4. The van der Waals surface area contributed by atoms with Crippen LogP contribution in [0.2, 0.25) is 0 Å². The van der Waals surface area contributed by atoms with E-state index in [4.69, 9.17) is 0 Å². The predicted molar refractivity (Wildman–Crippen MR) is 120 cm³/mol. The number of ketones is 2. The number of nitrogens with zero attached hydrogens (tertiary/aromatic N) is 4. The van der Waals surface area contributed by atoms with Crippen molar-refractivity contribution in [1.29, 1.82) is 0 Å². The van der Waals surface area contributed by atoms with Gasteiger partial charge in [-0.25, -0.2) is 0 Å². The third-order valence-electron chi connectivity index (χ3n) is 5.52. The summed E-state index contributed by atoms with van der Waals surface area (Å²) < 4.78 is 186. The second-order valence-electron chi connectivity index (χ2n) is 8.61. The Hall–Kier alpha value is -4.66. The average molecular weight is 713 g/mol. The molecule has 0 radical (unpaired) electrons. The van der Waals surface area contributed by atoms with Gasteiger partial charge in [-0.1, -0.05) is 0 Å². The van der Waals surface area contributed by atoms with Gasteiger partial charge in [-0.15, -0.1) is 0 Å². The Bertz CT molecular complexity index is 1660. The molecule has 0 N–H and O–H groups in total. The molecule has 0 atom stereocenters. The van der Waals surface area contributed by atoms with E-state index in [1.807, 2.05) is 0 Å². The van der Waals surface area contributed by atoms with E-state index in [2.05, 4.69) is 17.5 Å². The van der Waals surface area contributed by atoms with Gasteiger partial charge in [0.25, 0.3) is 0 Å². The van der Waals surface area contributed by atoms with Crippen molar-refractivity contribution in [2.45, 2.75) is 24.7 Å². The summed E-state index contributed by atoms with van der Waals surface area (Å²) in [6, 6.07) is 10.9. The molecule has 2 aromatic carbocycles. The van der Waals surface area contributed by atoms with Crippen LogP contribution < -0.4 is 7.32 Å². The van der Waals surface area contributed by atoms with Gasteiger partial charge < -0.3 is 0 Å². The number of hydrogen-bond acceptors (Lipinski definition) is 7. The van der Waals surface area contributed by atoms with Gasteiger partial charge in [0.2, 0.25) is 0 Å². The minimum absolute atomic E-state index is 0.0672. The molecular weight excluding hydrogens is 703 g/mol. The number of carbonyl (C=O) groups excluding carboxylic acids is 2. The second-order valence-corrected chi connectivity index (χ2v) is 9.88. The Kier molecular flexibility index (Phi) is 8.88. The zero-order valence-corrected chi connectivity index (χ0v) is 23.0. The van der Waals surface area contributed by atoms with Crippen molar-refractivity contribution in [3.63, 3.8) is 0 Å². The normalized spacial score (nSPS) is 12.6. The Morgan fingerprint density at radius 2 is 0.870 bits per heavy atom. The van der Waals surface area contributed by atoms with Crippen molar-refractivity contribution in [2.75, 3.05) is 0 Å². The molecule has 245 valence electrons. The number of halogens is 12. The molecule has 22 heteroatoms. The van der Waals surface area contributed by atoms with Crippen molar-refractivity contribution in [1.82, 2.24) is 19.6 Å². The second kappa shape index (κ2) is 11.9. The van der Waals surface area contributed by atoms with Gasteiger partial charge in [0.05, 0.1) is 0 Å². The van der Waals surface area contributed by atoms with E-state index in [0.29, 0.717) is 0 Å². The fourth-order valence-electron chi connectivity index (χ4n) is 3.71. The molecule has 0 aliphatic carbocycles. The van der Waals surface area contributed by atoms with Crippen molar-refractivity contribution < 1.29 is 89.1 Å². The fraction of sp³-hybridized carbons (Fsp3) is 0.167. The summed E-state index contributed by atoms with van der Waals surface area (Å²) in [7, 11) is 0. The summed E-state index contributed by atoms with van der Waals surface area (Å²) in [6.07, 6.45) is -23.7. The van der Waals surface area contributed by atoms with E-state index in [0.717, 1.165) is 48.5 Å². The maximum atomic E-state index is 13.8. The first-order chi connectivity index (χ1) is 21.1. The third-order valence-corrected chi connectivity index (χ3v) is 6.52. The predicted octanol–water partition coefficient (Wildman–Crippen LogP) is 6.84. The van der Waals surface area contributed by atoms with Crippen molar-refractivity contribution in [3.05, 3.63) is 83.2 Å². The number of Topliss-reactive ketones (excluding diaryl/α,β-unsaturated/α-hetero) is 2. The van der Waals surface area contributed by atoms with E-state index < -0.39 is 97.7 Å². The van der Waals surface area contributed by atoms with Crippen LogP contribution in [-0.2, 0) is 31.8 Å².